The molecule has 1 aromatic rings. The van der Waals surface area contributed by atoms with Crippen molar-refractivity contribution < 1.29 is 4.74 Å². The molecule has 3 rings (SSSR count). The molecule has 2 saturated heterocycles. The second kappa shape index (κ2) is 12.6. The maximum Gasteiger partial charge on any atom is 0.191 e. The SMILES string of the molecule is CN=C(NCC1CCCN(Cc2cccs2)C1)NCC(CC(C)C)N1CCOCC1. The summed E-state index contributed by atoms with van der Waals surface area (Å²) in [7, 11) is 1.88. The first kappa shape index (κ1) is 23.5. The van der Waals surface area contributed by atoms with Gasteiger partial charge in [0, 0.05) is 57.2 Å². The summed E-state index contributed by atoms with van der Waals surface area (Å²) in [5, 5.41) is 9.38. The van der Waals surface area contributed by atoms with Gasteiger partial charge in [0.15, 0.2) is 5.96 Å². The van der Waals surface area contributed by atoms with Crippen molar-refractivity contribution in [1.29, 1.82) is 0 Å². The fourth-order valence-corrected chi connectivity index (χ4v) is 5.36. The molecular weight excluding hydrogens is 394 g/mol. The van der Waals surface area contributed by atoms with Gasteiger partial charge in [0.05, 0.1) is 13.2 Å². The Balaban J connectivity index is 1.42. The molecule has 0 aliphatic carbocycles. The summed E-state index contributed by atoms with van der Waals surface area (Å²) in [6.07, 6.45) is 3.79. The highest BCUT2D eigenvalue weighted by atomic mass is 32.1. The van der Waals surface area contributed by atoms with Crippen LogP contribution in [0, 0.1) is 11.8 Å². The van der Waals surface area contributed by atoms with Gasteiger partial charge < -0.3 is 15.4 Å². The Bertz CT molecular complexity index is 615. The Kier molecular flexibility index (Phi) is 9.91. The van der Waals surface area contributed by atoms with Crippen LogP contribution in [0.1, 0.15) is 38.0 Å². The minimum atomic E-state index is 0.531. The van der Waals surface area contributed by atoms with E-state index < -0.39 is 0 Å². The number of ether oxygens (including phenoxy) is 1. The molecule has 0 spiro atoms. The van der Waals surface area contributed by atoms with E-state index in [0.717, 1.165) is 51.9 Å². The highest BCUT2D eigenvalue weighted by Gasteiger charge is 2.23. The summed E-state index contributed by atoms with van der Waals surface area (Å²) >= 11 is 1.87. The number of guanidine groups is 1. The molecule has 2 aliphatic rings. The molecule has 2 atom stereocenters. The number of morpholine rings is 1. The summed E-state index contributed by atoms with van der Waals surface area (Å²) in [6, 6.07) is 4.94. The summed E-state index contributed by atoms with van der Waals surface area (Å²) in [5.41, 5.74) is 0. The van der Waals surface area contributed by atoms with Crippen molar-refractivity contribution >= 4 is 17.3 Å². The van der Waals surface area contributed by atoms with Gasteiger partial charge in [-0.1, -0.05) is 19.9 Å². The molecule has 0 aromatic carbocycles. The van der Waals surface area contributed by atoms with E-state index >= 15 is 0 Å². The molecule has 170 valence electrons. The molecule has 6 nitrogen and oxygen atoms in total. The molecule has 0 saturated carbocycles. The number of nitrogens with one attached hydrogen (secondary N) is 2. The monoisotopic (exact) mass is 435 g/mol. The zero-order chi connectivity index (χ0) is 21.2. The zero-order valence-electron chi connectivity index (χ0n) is 19.1. The van der Waals surface area contributed by atoms with Crippen LogP contribution in [-0.4, -0.2) is 81.3 Å². The van der Waals surface area contributed by atoms with Gasteiger partial charge >= 0.3 is 0 Å². The zero-order valence-corrected chi connectivity index (χ0v) is 19.9. The first-order valence-electron chi connectivity index (χ1n) is 11.6. The van der Waals surface area contributed by atoms with Crippen LogP contribution in [0.4, 0.5) is 0 Å². The molecule has 2 fully saturated rings. The van der Waals surface area contributed by atoms with Crippen LogP contribution < -0.4 is 10.6 Å². The second-order valence-electron chi connectivity index (χ2n) is 9.09. The lowest BCUT2D eigenvalue weighted by atomic mass is 9.98. The Labute approximate surface area is 187 Å². The van der Waals surface area contributed by atoms with Gasteiger partial charge in [-0.2, -0.15) is 0 Å². The first-order valence-corrected chi connectivity index (χ1v) is 12.5. The number of likely N-dealkylation sites (tertiary alicyclic amines) is 1. The summed E-state index contributed by atoms with van der Waals surface area (Å²) < 4.78 is 5.55. The fourth-order valence-electron chi connectivity index (χ4n) is 4.61. The predicted octanol–water partition coefficient (Wildman–Crippen LogP) is 2.87. The highest BCUT2D eigenvalue weighted by molar-refractivity contribution is 7.09. The molecule has 2 unspecified atom stereocenters. The average molecular weight is 436 g/mol. The normalized spacial score (nSPS) is 22.9. The topological polar surface area (TPSA) is 52.1 Å². The van der Waals surface area contributed by atoms with Crippen molar-refractivity contribution in [3.05, 3.63) is 22.4 Å². The average Bonchev–Trinajstić information content (AvgIpc) is 3.26. The van der Waals surface area contributed by atoms with Crippen molar-refractivity contribution in [3.63, 3.8) is 0 Å². The Morgan fingerprint density at radius 1 is 1.27 bits per heavy atom. The number of rotatable bonds is 9. The van der Waals surface area contributed by atoms with Crippen LogP contribution >= 0.6 is 11.3 Å². The van der Waals surface area contributed by atoms with Gasteiger partial charge in [-0.05, 0) is 49.1 Å². The molecule has 2 aliphatic heterocycles. The van der Waals surface area contributed by atoms with Crippen LogP contribution in [-0.2, 0) is 11.3 Å². The molecule has 0 amide bonds. The fraction of sp³-hybridized carbons (Fsp3) is 0.783. The largest absolute Gasteiger partial charge is 0.379 e. The third kappa shape index (κ3) is 7.84. The van der Waals surface area contributed by atoms with E-state index in [4.69, 9.17) is 4.74 Å². The number of aliphatic imine (C=N–C) groups is 1. The minimum Gasteiger partial charge on any atom is -0.379 e. The van der Waals surface area contributed by atoms with E-state index in [1.165, 1.54) is 37.2 Å². The van der Waals surface area contributed by atoms with E-state index in [1.807, 2.05) is 18.4 Å². The third-order valence-electron chi connectivity index (χ3n) is 6.16. The Hall–Kier alpha value is -1.15. The van der Waals surface area contributed by atoms with Crippen LogP contribution in [0.2, 0.25) is 0 Å². The van der Waals surface area contributed by atoms with Crippen molar-refractivity contribution in [3.8, 4) is 0 Å². The molecule has 0 bridgehead atoms. The van der Waals surface area contributed by atoms with Crippen molar-refractivity contribution in [2.75, 3.05) is 59.5 Å². The third-order valence-corrected chi connectivity index (χ3v) is 7.02. The first-order chi connectivity index (χ1) is 14.6. The molecule has 0 radical (unpaired) electrons. The predicted molar refractivity (Wildman–Crippen MR) is 127 cm³/mol. The van der Waals surface area contributed by atoms with Gasteiger partial charge in [-0.25, -0.2) is 0 Å². The summed E-state index contributed by atoms with van der Waals surface area (Å²) in [4.78, 5) is 11.1. The Morgan fingerprint density at radius 2 is 2.10 bits per heavy atom. The number of hydrogen-bond acceptors (Lipinski definition) is 5. The lowest BCUT2D eigenvalue weighted by molar-refractivity contribution is 0.0132. The van der Waals surface area contributed by atoms with Gasteiger partial charge in [-0.15, -0.1) is 11.3 Å². The molecular formula is C23H41N5OS. The van der Waals surface area contributed by atoms with E-state index in [1.54, 1.807) is 0 Å². The van der Waals surface area contributed by atoms with Gasteiger partial charge in [-0.3, -0.25) is 14.8 Å². The van der Waals surface area contributed by atoms with Gasteiger partial charge in [0.25, 0.3) is 0 Å². The highest BCUT2D eigenvalue weighted by Crippen LogP contribution is 2.20. The van der Waals surface area contributed by atoms with Crippen LogP contribution in [0.15, 0.2) is 22.5 Å². The number of hydrogen-bond donors (Lipinski definition) is 2. The van der Waals surface area contributed by atoms with Crippen LogP contribution in [0.5, 0.6) is 0 Å². The van der Waals surface area contributed by atoms with Crippen molar-refractivity contribution in [2.45, 2.75) is 45.7 Å². The standard InChI is InChI=1S/C23H41N5OS/c1-19(2)14-21(28-9-11-29-12-10-28)16-26-23(24-3)25-15-20-6-4-8-27(17-20)18-22-7-5-13-30-22/h5,7,13,19-21H,4,6,8-12,14-18H2,1-3H3,(H2,24,25,26). The number of piperidine rings is 1. The smallest absolute Gasteiger partial charge is 0.191 e. The van der Waals surface area contributed by atoms with Gasteiger partial charge in [0.2, 0.25) is 0 Å². The molecule has 2 N–H and O–H groups in total. The van der Waals surface area contributed by atoms with Crippen molar-refractivity contribution in [1.82, 2.24) is 20.4 Å². The van der Waals surface area contributed by atoms with Crippen molar-refractivity contribution in [2.24, 2.45) is 16.8 Å². The second-order valence-corrected chi connectivity index (χ2v) is 10.1. The minimum absolute atomic E-state index is 0.531. The van der Waals surface area contributed by atoms with Crippen LogP contribution in [0.3, 0.4) is 0 Å². The molecule has 7 heteroatoms. The molecule has 1 aromatic heterocycles. The quantitative estimate of drug-likeness (QED) is 0.461. The lowest BCUT2D eigenvalue weighted by Gasteiger charge is -2.36. The van der Waals surface area contributed by atoms with E-state index in [-0.39, 0.29) is 0 Å². The molecule has 3 heterocycles. The van der Waals surface area contributed by atoms with E-state index in [0.29, 0.717) is 17.9 Å². The number of nitrogens with zero attached hydrogens (tertiary/aromatic N) is 3. The van der Waals surface area contributed by atoms with Crippen LogP contribution in [0.25, 0.3) is 0 Å². The Morgan fingerprint density at radius 3 is 2.80 bits per heavy atom. The maximum absolute atomic E-state index is 5.55. The summed E-state index contributed by atoms with van der Waals surface area (Å²) in [6.45, 7) is 13.8. The lowest BCUT2D eigenvalue weighted by Crippen LogP contribution is -2.51. The maximum atomic E-state index is 5.55. The number of thiophene rings is 1. The van der Waals surface area contributed by atoms with E-state index in [2.05, 4.69) is 56.8 Å². The van der Waals surface area contributed by atoms with E-state index in [9.17, 15) is 0 Å². The molecule has 30 heavy (non-hydrogen) atoms. The summed E-state index contributed by atoms with van der Waals surface area (Å²) in [5.74, 6) is 2.31. The van der Waals surface area contributed by atoms with Gasteiger partial charge in [0.1, 0.15) is 0 Å².